The molecule has 3 N–H and O–H groups in total. The summed E-state index contributed by atoms with van der Waals surface area (Å²) in [6.45, 7) is -0.389. The lowest BCUT2D eigenvalue weighted by Gasteiger charge is -2.11. The molecule has 0 bridgehead atoms. The minimum Gasteiger partial charge on any atom is -0.482 e. The van der Waals surface area contributed by atoms with Crippen LogP contribution in [0.3, 0.4) is 0 Å². The average Bonchev–Trinajstić information content (AvgIpc) is 2.78. The van der Waals surface area contributed by atoms with Crippen molar-refractivity contribution in [1.82, 2.24) is 10.9 Å². The van der Waals surface area contributed by atoms with Crippen LogP contribution >= 0.6 is 23.2 Å². The van der Waals surface area contributed by atoms with Crippen LogP contribution in [-0.2, 0) is 14.8 Å². The Morgan fingerprint density at radius 2 is 1.53 bits per heavy atom. The van der Waals surface area contributed by atoms with Crippen LogP contribution in [0.25, 0.3) is 0 Å². The molecule has 3 aromatic rings. The van der Waals surface area contributed by atoms with E-state index in [-0.39, 0.29) is 27.8 Å². The third kappa shape index (κ3) is 6.13. The van der Waals surface area contributed by atoms with Gasteiger partial charge in [-0.25, -0.2) is 8.42 Å². The molecular weight excluding hydrogens is 477 g/mol. The van der Waals surface area contributed by atoms with Crippen LogP contribution in [0.2, 0.25) is 10.0 Å². The first kappa shape index (κ1) is 23.4. The molecule has 0 spiro atoms. The molecule has 8 nitrogen and oxygen atoms in total. The van der Waals surface area contributed by atoms with E-state index in [9.17, 15) is 18.0 Å². The van der Waals surface area contributed by atoms with Crippen LogP contribution in [-0.4, -0.2) is 26.8 Å². The molecule has 0 atom stereocenters. The summed E-state index contributed by atoms with van der Waals surface area (Å²) in [4.78, 5) is 24.1. The Morgan fingerprint density at radius 1 is 0.844 bits per heavy atom. The van der Waals surface area contributed by atoms with Crippen molar-refractivity contribution in [3.63, 3.8) is 0 Å². The molecule has 0 aliphatic heterocycles. The van der Waals surface area contributed by atoms with Crippen LogP contribution in [0, 0.1) is 0 Å². The topological polar surface area (TPSA) is 114 Å². The van der Waals surface area contributed by atoms with Gasteiger partial charge in [0, 0.05) is 5.56 Å². The number of carbonyl (C=O) groups is 2. The molecule has 0 unspecified atom stereocenters. The molecule has 0 saturated carbocycles. The number of rotatable bonds is 7. The van der Waals surface area contributed by atoms with E-state index in [0.29, 0.717) is 10.8 Å². The van der Waals surface area contributed by atoms with Crippen molar-refractivity contribution in [3.8, 4) is 5.75 Å². The molecule has 166 valence electrons. The lowest BCUT2D eigenvalue weighted by Crippen LogP contribution is -2.43. The fraction of sp³-hybridized carbons (Fsp3) is 0.0476. The molecule has 0 aliphatic rings. The van der Waals surface area contributed by atoms with Gasteiger partial charge in [0.05, 0.1) is 20.6 Å². The lowest BCUT2D eigenvalue weighted by atomic mass is 10.2. The van der Waals surface area contributed by atoms with E-state index in [1.807, 2.05) is 0 Å². The van der Waals surface area contributed by atoms with E-state index in [1.54, 1.807) is 42.5 Å². The Labute approximate surface area is 194 Å². The third-order valence-electron chi connectivity index (χ3n) is 4.04. The quantitative estimate of drug-likeness (QED) is 0.434. The van der Waals surface area contributed by atoms with Crippen molar-refractivity contribution in [2.75, 3.05) is 11.3 Å². The maximum Gasteiger partial charge on any atom is 0.276 e. The maximum atomic E-state index is 12.6. The van der Waals surface area contributed by atoms with Crippen molar-refractivity contribution >= 4 is 50.7 Å². The average molecular weight is 494 g/mol. The molecular formula is C21H17Cl2N3O5S. The van der Waals surface area contributed by atoms with Gasteiger partial charge in [0.25, 0.3) is 21.8 Å². The summed E-state index contributed by atoms with van der Waals surface area (Å²) in [6.07, 6.45) is 0. The highest BCUT2D eigenvalue weighted by atomic mass is 35.5. The monoisotopic (exact) mass is 493 g/mol. The standard InChI is InChI=1S/C21H17Cl2N3O5S/c22-16-8-1-3-10-18(16)26-32(29,30)15-7-5-6-14(12-15)21(28)25-24-20(27)13-31-19-11-4-2-9-17(19)23/h1-12,26H,13H2,(H,24,27)(H,25,28). The van der Waals surface area contributed by atoms with Gasteiger partial charge in [-0.05, 0) is 42.5 Å². The molecule has 0 radical (unpaired) electrons. The van der Waals surface area contributed by atoms with Gasteiger partial charge in [-0.2, -0.15) is 0 Å². The largest absolute Gasteiger partial charge is 0.482 e. The molecule has 11 heteroatoms. The van der Waals surface area contributed by atoms with Crippen molar-refractivity contribution in [3.05, 3.63) is 88.4 Å². The first-order valence-electron chi connectivity index (χ1n) is 9.10. The minimum absolute atomic E-state index is 0.0133. The molecule has 3 aromatic carbocycles. The number of nitrogens with one attached hydrogen (secondary N) is 3. The van der Waals surface area contributed by atoms with Crippen molar-refractivity contribution < 1.29 is 22.7 Å². The van der Waals surface area contributed by atoms with Gasteiger partial charge in [-0.3, -0.25) is 25.2 Å². The number of benzene rings is 3. The number of hydrazine groups is 1. The SMILES string of the molecule is O=C(COc1ccccc1Cl)NNC(=O)c1cccc(S(=O)(=O)Nc2ccccc2Cl)c1. The van der Waals surface area contributed by atoms with E-state index < -0.39 is 21.8 Å². The van der Waals surface area contributed by atoms with Crippen LogP contribution in [0.5, 0.6) is 5.75 Å². The molecule has 0 aliphatic carbocycles. The summed E-state index contributed by atoms with van der Waals surface area (Å²) in [6, 6.07) is 18.3. The number of hydrogen-bond donors (Lipinski definition) is 3. The zero-order valence-corrected chi connectivity index (χ0v) is 18.7. The number of para-hydroxylation sites is 2. The highest BCUT2D eigenvalue weighted by Gasteiger charge is 2.18. The number of amides is 2. The summed E-state index contributed by atoms with van der Waals surface area (Å²) < 4.78 is 32.9. The molecule has 2 amide bonds. The summed E-state index contributed by atoms with van der Waals surface area (Å²) >= 11 is 11.9. The second-order valence-electron chi connectivity index (χ2n) is 6.33. The number of hydrogen-bond acceptors (Lipinski definition) is 5. The third-order valence-corrected chi connectivity index (χ3v) is 6.04. The van der Waals surface area contributed by atoms with Gasteiger partial charge in [-0.1, -0.05) is 53.5 Å². The number of ether oxygens (including phenoxy) is 1. The molecule has 3 rings (SSSR count). The highest BCUT2D eigenvalue weighted by Crippen LogP contribution is 2.24. The van der Waals surface area contributed by atoms with Gasteiger partial charge >= 0.3 is 0 Å². The zero-order chi connectivity index (χ0) is 23.1. The normalized spacial score (nSPS) is 10.8. The Bertz CT molecular complexity index is 1250. The smallest absolute Gasteiger partial charge is 0.276 e. The maximum absolute atomic E-state index is 12.6. The number of carbonyl (C=O) groups excluding carboxylic acids is 2. The van der Waals surface area contributed by atoms with Gasteiger partial charge < -0.3 is 4.74 Å². The molecule has 0 saturated heterocycles. The summed E-state index contributed by atoms with van der Waals surface area (Å²) in [7, 11) is -4.00. The molecule has 0 heterocycles. The fourth-order valence-corrected chi connectivity index (χ4v) is 4.05. The first-order chi connectivity index (χ1) is 15.3. The van der Waals surface area contributed by atoms with Crippen LogP contribution < -0.4 is 20.3 Å². The summed E-state index contributed by atoms with van der Waals surface area (Å²) in [5.41, 5.74) is 4.60. The van der Waals surface area contributed by atoms with Gasteiger partial charge in [-0.15, -0.1) is 0 Å². The zero-order valence-electron chi connectivity index (χ0n) is 16.3. The summed E-state index contributed by atoms with van der Waals surface area (Å²) in [5, 5.41) is 0.569. The Balaban J connectivity index is 1.60. The Hall–Kier alpha value is -3.27. The van der Waals surface area contributed by atoms with Crippen molar-refractivity contribution in [2.45, 2.75) is 4.90 Å². The van der Waals surface area contributed by atoms with Crippen LogP contribution in [0.15, 0.2) is 77.7 Å². The molecule has 0 fully saturated rings. The number of anilines is 1. The van der Waals surface area contributed by atoms with Crippen molar-refractivity contribution in [1.29, 1.82) is 0 Å². The Kier molecular flexibility index (Phi) is 7.57. The van der Waals surface area contributed by atoms with Crippen LogP contribution in [0.4, 0.5) is 5.69 Å². The predicted octanol–water partition coefficient (Wildman–Crippen LogP) is 3.63. The van der Waals surface area contributed by atoms with Crippen molar-refractivity contribution in [2.24, 2.45) is 0 Å². The van der Waals surface area contributed by atoms with Crippen LogP contribution in [0.1, 0.15) is 10.4 Å². The van der Waals surface area contributed by atoms with Gasteiger partial charge in [0.2, 0.25) is 0 Å². The Morgan fingerprint density at radius 3 is 2.25 bits per heavy atom. The van der Waals surface area contributed by atoms with E-state index in [1.165, 1.54) is 30.3 Å². The minimum atomic E-state index is -4.00. The predicted molar refractivity (Wildman–Crippen MR) is 121 cm³/mol. The lowest BCUT2D eigenvalue weighted by molar-refractivity contribution is -0.123. The first-order valence-corrected chi connectivity index (χ1v) is 11.3. The second kappa shape index (κ2) is 10.4. The highest BCUT2D eigenvalue weighted by molar-refractivity contribution is 7.92. The van der Waals surface area contributed by atoms with Gasteiger partial charge in [0.15, 0.2) is 6.61 Å². The summed E-state index contributed by atoms with van der Waals surface area (Å²) in [5.74, 6) is -1.03. The van der Waals surface area contributed by atoms with Gasteiger partial charge in [0.1, 0.15) is 5.75 Å². The molecule has 32 heavy (non-hydrogen) atoms. The molecule has 0 aromatic heterocycles. The number of sulfonamides is 1. The number of halogens is 2. The van der Waals surface area contributed by atoms with E-state index in [2.05, 4.69) is 15.6 Å². The van der Waals surface area contributed by atoms with E-state index in [4.69, 9.17) is 27.9 Å². The fourth-order valence-electron chi connectivity index (χ4n) is 2.49. The second-order valence-corrected chi connectivity index (χ2v) is 8.83. The van der Waals surface area contributed by atoms with E-state index in [0.717, 1.165) is 0 Å². The van der Waals surface area contributed by atoms with E-state index >= 15 is 0 Å².